The van der Waals surface area contributed by atoms with Crippen LogP contribution < -0.4 is 5.73 Å². The Hall–Kier alpha value is -0.870. The van der Waals surface area contributed by atoms with Crippen molar-refractivity contribution in [2.45, 2.75) is 17.9 Å². The average Bonchev–Trinajstić information content (AvgIpc) is 2.42. The molecule has 2 unspecified atom stereocenters. The monoisotopic (exact) mass is 327 g/mol. The number of nitrogens with two attached hydrogens (primary N) is 1. The van der Waals surface area contributed by atoms with E-state index in [4.69, 9.17) is 28.9 Å². The number of halogens is 2. The molecule has 0 amide bonds. The van der Waals surface area contributed by atoms with E-state index in [1.165, 1.54) is 0 Å². The van der Waals surface area contributed by atoms with E-state index in [0.29, 0.717) is 20.7 Å². The van der Waals surface area contributed by atoms with Gasteiger partial charge in [-0.1, -0.05) is 47.5 Å². The Balaban J connectivity index is 2.15. The van der Waals surface area contributed by atoms with Crippen LogP contribution in [0, 0.1) is 6.92 Å². The number of rotatable bonds is 4. The lowest BCUT2D eigenvalue weighted by atomic mass is 10.0. The zero-order chi connectivity index (χ0) is 14.7. The summed E-state index contributed by atoms with van der Waals surface area (Å²) in [6.07, 6.45) is 0. The van der Waals surface area contributed by atoms with E-state index in [0.717, 1.165) is 11.1 Å². The molecule has 0 saturated heterocycles. The molecule has 0 bridgehead atoms. The van der Waals surface area contributed by atoms with Crippen LogP contribution in [0.4, 0.5) is 0 Å². The number of benzene rings is 2. The van der Waals surface area contributed by atoms with Crippen molar-refractivity contribution >= 4 is 34.0 Å². The first-order valence-electron chi connectivity index (χ1n) is 6.13. The van der Waals surface area contributed by atoms with E-state index in [1.54, 1.807) is 18.2 Å². The summed E-state index contributed by atoms with van der Waals surface area (Å²) in [6.45, 7) is 2.00. The lowest BCUT2D eigenvalue weighted by Crippen LogP contribution is -2.19. The van der Waals surface area contributed by atoms with Crippen LogP contribution >= 0.6 is 23.2 Å². The first kappa shape index (κ1) is 15.5. The van der Waals surface area contributed by atoms with Gasteiger partial charge in [0.25, 0.3) is 0 Å². The highest BCUT2D eigenvalue weighted by Crippen LogP contribution is 2.25. The molecular weight excluding hydrogens is 313 g/mol. The third kappa shape index (κ3) is 3.61. The Morgan fingerprint density at radius 2 is 1.85 bits per heavy atom. The predicted octanol–water partition coefficient (Wildman–Crippen LogP) is 4.11. The smallest absolute Gasteiger partial charge is 0.0604 e. The lowest BCUT2D eigenvalue weighted by Gasteiger charge is -2.14. The van der Waals surface area contributed by atoms with Gasteiger partial charge in [0.05, 0.1) is 20.8 Å². The minimum atomic E-state index is -1.21. The van der Waals surface area contributed by atoms with Gasteiger partial charge in [0.2, 0.25) is 0 Å². The molecule has 20 heavy (non-hydrogen) atoms. The molecular formula is C15H15Cl2NOS. The molecule has 106 valence electrons. The van der Waals surface area contributed by atoms with Crippen molar-refractivity contribution in [2.24, 2.45) is 5.73 Å². The molecule has 0 aliphatic carbocycles. The molecule has 0 aromatic heterocycles. The van der Waals surface area contributed by atoms with Gasteiger partial charge in [-0.2, -0.15) is 0 Å². The molecule has 0 radical (unpaired) electrons. The highest BCUT2D eigenvalue weighted by atomic mass is 35.5. The minimum Gasteiger partial charge on any atom is -0.323 e. The summed E-state index contributed by atoms with van der Waals surface area (Å²) >= 11 is 11.8. The van der Waals surface area contributed by atoms with Crippen LogP contribution in [0.25, 0.3) is 0 Å². The number of aryl methyl sites for hydroxylation is 1. The van der Waals surface area contributed by atoms with E-state index in [9.17, 15) is 4.21 Å². The molecule has 0 saturated carbocycles. The lowest BCUT2D eigenvalue weighted by molar-refractivity contribution is 0.675. The van der Waals surface area contributed by atoms with Crippen LogP contribution in [0.2, 0.25) is 10.0 Å². The fraction of sp³-hybridized carbons (Fsp3) is 0.200. The molecule has 0 heterocycles. The summed E-state index contributed by atoms with van der Waals surface area (Å²) in [5, 5.41) is 0.859. The third-order valence-corrected chi connectivity index (χ3v) is 5.25. The van der Waals surface area contributed by atoms with Gasteiger partial charge in [-0.25, -0.2) is 0 Å². The van der Waals surface area contributed by atoms with Gasteiger partial charge in [0, 0.05) is 16.7 Å². The van der Waals surface area contributed by atoms with Crippen molar-refractivity contribution in [3.05, 3.63) is 63.6 Å². The molecule has 0 fully saturated rings. The van der Waals surface area contributed by atoms with Gasteiger partial charge in [0.15, 0.2) is 0 Å². The van der Waals surface area contributed by atoms with E-state index < -0.39 is 10.8 Å². The van der Waals surface area contributed by atoms with Crippen molar-refractivity contribution in [3.63, 3.8) is 0 Å². The van der Waals surface area contributed by atoms with Gasteiger partial charge in [-0.05, 0) is 36.2 Å². The zero-order valence-electron chi connectivity index (χ0n) is 11.0. The zero-order valence-corrected chi connectivity index (χ0v) is 13.3. The molecule has 2 aromatic carbocycles. The van der Waals surface area contributed by atoms with Gasteiger partial charge in [-0.3, -0.25) is 4.21 Å². The van der Waals surface area contributed by atoms with E-state index in [-0.39, 0.29) is 6.04 Å². The fourth-order valence-electron chi connectivity index (χ4n) is 1.97. The Morgan fingerprint density at radius 3 is 2.50 bits per heavy atom. The summed E-state index contributed by atoms with van der Waals surface area (Å²) in [7, 11) is -1.21. The Kier molecular flexibility index (Phi) is 5.22. The predicted molar refractivity (Wildman–Crippen MR) is 85.8 cm³/mol. The van der Waals surface area contributed by atoms with Crippen molar-refractivity contribution in [2.75, 3.05) is 5.75 Å². The summed E-state index contributed by atoms with van der Waals surface area (Å²) < 4.78 is 12.3. The minimum absolute atomic E-state index is 0.272. The number of hydrogen-bond acceptors (Lipinski definition) is 2. The van der Waals surface area contributed by atoms with Crippen LogP contribution in [0.15, 0.2) is 47.4 Å². The first-order chi connectivity index (χ1) is 9.49. The fourth-order valence-corrected chi connectivity index (χ4v) is 3.50. The molecule has 2 nitrogen and oxygen atoms in total. The van der Waals surface area contributed by atoms with E-state index in [2.05, 4.69) is 0 Å². The Bertz CT molecular complexity index is 646. The Labute approximate surface area is 131 Å². The molecule has 2 atom stereocenters. The average molecular weight is 328 g/mol. The molecule has 0 aliphatic heterocycles. The molecule has 0 aliphatic rings. The van der Waals surface area contributed by atoms with Gasteiger partial charge in [0.1, 0.15) is 0 Å². The molecule has 5 heteroatoms. The number of hydrogen-bond donors (Lipinski definition) is 1. The van der Waals surface area contributed by atoms with Crippen LogP contribution in [-0.4, -0.2) is 9.96 Å². The summed E-state index contributed by atoms with van der Waals surface area (Å²) in [5.74, 6) is 0.350. The van der Waals surface area contributed by atoms with Crippen molar-refractivity contribution < 1.29 is 4.21 Å². The maximum absolute atomic E-state index is 12.3. The second-order valence-electron chi connectivity index (χ2n) is 4.55. The van der Waals surface area contributed by atoms with Gasteiger partial charge >= 0.3 is 0 Å². The Morgan fingerprint density at radius 1 is 1.15 bits per heavy atom. The van der Waals surface area contributed by atoms with Crippen molar-refractivity contribution in [1.29, 1.82) is 0 Å². The van der Waals surface area contributed by atoms with Crippen LogP contribution in [0.1, 0.15) is 17.2 Å². The molecule has 2 aromatic rings. The summed E-state index contributed by atoms with van der Waals surface area (Å²) in [4.78, 5) is 0.642. The second kappa shape index (κ2) is 6.72. The van der Waals surface area contributed by atoms with Crippen molar-refractivity contribution in [1.82, 2.24) is 0 Å². The summed E-state index contributed by atoms with van der Waals surface area (Å²) in [6, 6.07) is 12.6. The van der Waals surface area contributed by atoms with Gasteiger partial charge in [-0.15, -0.1) is 0 Å². The first-order valence-corrected chi connectivity index (χ1v) is 8.21. The standard InChI is InChI=1S/C15H15Cl2NOS/c1-10-4-2-3-5-12(10)15(18)9-20(19)11-6-7-13(16)14(17)8-11/h2-8,15H,9,18H2,1H3. The quantitative estimate of drug-likeness (QED) is 0.918. The maximum atomic E-state index is 12.3. The highest BCUT2D eigenvalue weighted by molar-refractivity contribution is 7.85. The molecule has 0 spiro atoms. The molecule has 2 N–H and O–H groups in total. The SMILES string of the molecule is Cc1ccccc1C(N)CS(=O)c1ccc(Cl)c(Cl)c1. The van der Waals surface area contributed by atoms with Gasteiger partial charge < -0.3 is 5.73 Å². The van der Waals surface area contributed by atoms with Crippen LogP contribution in [-0.2, 0) is 10.8 Å². The topological polar surface area (TPSA) is 43.1 Å². The second-order valence-corrected chi connectivity index (χ2v) is 6.86. The third-order valence-electron chi connectivity index (χ3n) is 3.07. The van der Waals surface area contributed by atoms with E-state index in [1.807, 2.05) is 31.2 Å². The van der Waals surface area contributed by atoms with Crippen LogP contribution in [0.5, 0.6) is 0 Å². The largest absolute Gasteiger partial charge is 0.323 e. The van der Waals surface area contributed by atoms with Crippen LogP contribution in [0.3, 0.4) is 0 Å². The molecule has 2 rings (SSSR count). The maximum Gasteiger partial charge on any atom is 0.0604 e. The van der Waals surface area contributed by atoms with E-state index >= 15 is 0 Å². The summed E-state index contributed by atoms with van der Waals surface area (Å²) in [5.41, 5.74) is 8.27. The van der Waals surface area contributed by atoms with Crippen molar-refractivity contribution in [3.8, 4) is 0 Å². The highest BCUT2D eigenvalue weighted by Gasteiger charge is 2.14. The normalized spacial score (nSPS) is 14.0.